The molecule has 0 aliphatic carbocycles. The lowest BCUT2D eigenvalue weighted by atomic mass is 9.60. The number of piperidine rings is 2. The van der Waals surface area contributed by atoms with Gasteiger partial charge in [0.1, 0.15) is 5.60 Å². The van der Waals surface area contributed by atoms with Crippen molar-refractivity contribution in [2.75, 3.05) is 45.9 Å². The molecule has 20 heavy (non-hydrogen) atoms. The van der Waals surface area contributed by atoms with Gasteiger partial charge in [-0.2, -0.15) is 0 Å². The standard InChI is InChI=1S/C16H19BrN2O/c17-14-4-2-1-3-13(14)15-9-18-5-6-19(10-15)8-12(7-18)16(15)11-20-16/h1-4,12H,5-11H2. The van der Waals surface area contributed by atoms with E-state index < -0.39 is 0 Å². The molecule has 3 nitrogen and oxygen atoms in total. The molecule has 5 aliphatic rings. The van der Waals surface area contributed by atoms with E-state index in [4.69, 9.17) is 4.74 Å². The van der Waals surface area contributed by atoms with Gasteiger partial charge < -0.3 is 14.5 Å². The van der Waals surface area contributed by atoms with E-state index in [2.05, 4.69) is 50.0 Å². The number of benzene rings is 1. The average molecular weight is 335 g/mol. The van der Waals surface area contributed by atoms with E-state index in [1.165, 1.54) is 36.2 Å². The minimum atomic E-state index is 0.119. The molecule has 106 valence electrons. The molecule has 1 spiro atoms. The van der Waals surface area contributed by atoms with Crippen molar-refractivity contribution < 1.29 is 4.74 Å². The van der Waals surface area contributed by atoms with Gasteiger partial charge in [0.15, 0.2) is 0 Å². The van der Waals surface area contributed by atoms with Crippen molar-refractivity contribution in [3.8, 4) is 0 Å². The molecular weight excluding hydrogens is 316 g/mol. The van der Waals surface area contributed by atoms with Crippen molar-refractivity contribution in [1.29, 1.82) is 0 Å². The zero-order valence-electron chi connectivity index (χ0n) is 11.5. The Hall–Kier alpha value is -0.420. The SMILES string of the molecule is Brc1ccccc1C12CN3CCN(CC(C3)C13CO3)C2. The predicted octanol–water partition coefficient (Wildman–Crippen LogP) is 1.72. The summed E-state index contributed by atoms with van der Waals surface area (Å²) in [6, 6.07) is 8.78. The maximum atomic E-state index is 6.17. The summed E-state index contributed by atoms with van der Waals surface area (Å²) in [5.41, 5.74) is 1.73. The quantitative estimate of drug-likeness (QED) is 0.729. The van der Waals surface area contributed by atoms with Crippen LogP contribution in [0.15, 0.2) is 28.7 Å². The van der Waals surface area contributed by atoms with Gasteiger partial charge in [0.2, 0.25) is 0 Å². The predicted molar refractivity (Wildman–Crippen MR) is 80.9 cm³/mol. The number of fused-ring (bicyclic) bond motifs is 1. The molecule has 0 aromatic heterocycles. The molecule has 4 bridgehead atoms. The molecule has 0 N–H and O–H groups in total. The highest BCUT2D eigenvalue weighted by molar-refractivity contribution is 9.10. The summed E-state index contributed by atoms with van der Waals surface area (Å²) in [5, 5.41) is 0. The van der Waals surface area contributed by atoms with Crippen molar-refractivity contribution in [2.45, 2.75) is 11.0 Å². The van der Waals surface area contributed by atoms with Crippen molar-refractivity contribution in [2.24, 2.45) is 5.92 Å². The molecular formula is C16H19BrN2O. The van der Waals surface area contributed by atoms with E-state index in [9.17, 15) is 0 Å². The second kappa shape index (κ2) is 3.86. The summed E-state index contributed by atoms with van der Waals surface area (Å²) in [5.74, 6) is 0.680. The highest BCUT2D eigenvalue weighted by atomic mass is 79.9. The number of epoxide rings is 1. The van der Waals surface area contributed by atoms with Gasteiger partial charge in [-0.3, -0.25) is 0 Å². The summed E-state index contributed by atoms with van der Waals surface area (Å²) in [6.45, 7) is 8.16. The van der Waals surface area contributed by atoms with Crippen LogP contribution < -0.4 is 0 Å². The fraction of sp³-hybridized carbons (Fsp3) is 0.625. The minimum absolute atomic E-state index is 0.119. The molecule has 5 saturated heterocycles. The molecule has 5 fully saturated rings. The number of ether oxygens (including phenoxy) is 1. The van der Waals surface area contributed by atoms with Crippen LogP contribution >= 0.6 is 15.9 Å². The van der Waals surface area contributed by atoms with Crippen LogP contribution in [0.4, 0.5) is 0 Å². The topological polar surface area (TPSA) is 19.0 Å². The fourth-order valence-corrected chi connectivity index (χ4v) is 5.70. The lowest BCUT2D eigenvalue weighted by Gasteiger charge is -2.55. The number of rotatable bonds is 1. The highest BCUT2D eigenvalue weighted by Crippen LogP contribution is 2.59. The first-order valence-corrected chi connectivity index (χ1v) is 8.37. The Morgan fingerprint density at radius 3 is 2.35 bits per heavy atom. The smallest absolute Gasteiger partial charge is 0.109 e. The van der Waals surface area contributed by atoms with Crippen LogP contribution in [0.3, 0.4) is 0 Å². The van der Waals surface area contributed by atoms with E-state index in [-0.39, 0.29) is 11.0 Å². The molecule has 0 radical (unpaired) electrons. The third-order valence-corrected chi connectivity index (χ3v) is 6.68. The van der Waals surface area contributed by atoms with Crippen LogP contribution in [0.5, 0.6) is 0 Å². The van der Waals surface area contributed by atoms with Crippen LogP contribution in [-0.4, -0.2) is 61.3 Å². The minimum Gasteiger partial charge on any atom is -0.368 e. The lowest BCUT2D eigenvalue weighted by molar-refractivity contribution is -0.0313. The lowest BCUT2D eigenvalue weighted by Crippen LogP contribution is -2.68. The summed E-state index contributed by atoms with van der Waals surface area (Å²) in [4.78, 5) is 5.34. The van der Waals surface area contributed by atoms with Crippen LogP contribution in [0.1, 0.15) is 5.56 Å². The molecule has 3 unspecified atom stereocenters. The third-order valence-electron chi connectivity index (χ3n) is 5.99. The Morgan fingerprint density at radius 2 is 1.75 bits per heavy atom. The van der Waals surface area contributed by atoms with Gasteiger partial charge >= 0.3 is 0 Å². The van der Waals surface area contributed by atoms with E-state index in [0.29, 0.717) is 5.92 Å². The highest BCUT2D eigenvalue weighted by Gasteiger charge is 2.71. The zero-order chi connectivity index (χ0) is 13.4. The Labute approximate surface area is 128 Å². The molecule has 1 aromatic carbocycles. The van der Waals surface area contributed by atoms with Gasteiger partial charge in [-0.05, 0) is 11.6 Å². The van der Waals surface area contributed by atoms with E-state index in [1.807, 2.05) is 0 Å². The number of hydrogen-bond donors (Lipinski definition) is 0. The molecule has 1 aromatic rings. The van der Waals surface area contributed by atoms with Crippen LogP contribution in [0.25, 0.3) is 0 Å². The molecule has 0 saturated carbocycles. The summed E-state index contributed by atoms with van der Waals surface area (Å²) < 4.78 is 7.42. The first-order chi connectivity index (χ1) is 9.73. The molecule has 0 amide bonds. The molecule has 5 heterocycles. The van der Waals surface area contributed by atoms with Crippen LogP contribution in [-0.2, 0) is 10.2 Å². The second-order valence-corrected chi connectivity index (χ2v) is 7.76. The molecule has 6 rings (SSSR count). The Balaban J connectivity index is 1.73. The summed E-state index contributed by atoms with van der Waals surface area (Å²) in [6.07, 6.45) is 0. The van der Waals surface area contributed by atoms with Gasteiger partial charge in [-0.25, -0.2) is 0 Å². The largest absolute Gasteiger partial charge is 0.368 e. The van der Waals surface area contributed by atoms with Gasteiger partial charge in [0.25, 0.3) is 0 Å². The monoisotopic (exact) mass is 334 g/mol. The van der Waals surface area contributed by atoms with Crippen molar-refractivity contribution in [1.82, 2.24) is 9.80 Å². The first kappa shape index (κ1) is 12.2. The van der Waals surface area contributed by atoms with Crippen molar-refractivity contribution >= 4 is 15.9 Å². The number of hydrogen-bond acceptors (Lipinski definition) is 3. The Morgan fingerprint density at radius 1 is 1.10 bits per heavy atom. The number of nitrogens with zero attached hydrogens (tertiary/aromatic N) is 2. The Bertz CT molecular complexity index is 555. The summed E-state index contributed by atoms with van der Waals surface area (Å²) in [7, 11) is 0. The van der Waals surface area contributed by atoms with Crippen molar-refractivity contribution in [3.63, 3.8) is 0 Å². The normalized spacial score (nSPS) is 48.5. The first-order valence-electron chi connectivity index (χ1n) is 7.57. The van der Waals surface area contributed by atoms with Gasteiger partial charge in [-0.1, -0.05) is 34.1 Å². The van der Waals surface area contributed by atoms with Gasteiger partial charge in [-0.15, -0.1) is 0 Å². The van der Waals surface area contributed by atoms with Gasteiger partial charge in [0, 0.05) is 49.7 Å². The van der Waals surface area contributed by atoms with E-state index in [0.717, 1.165) is 19.7 Å². The van der Waals surface area contributed by atoms with Crippen LogP contribution in [0.2, 0.25) is 0 Å². The maximum Gasteiger partial charge on any atom is 0.109 e. The zero-order valence-corrected chi connectivity index (χ0v) is 13.1. The maximum absolute atomic E-state index is 6.17. The van der Waals surface area contributed by atoms with E-state index >= 15 is 0 Å². The average Bonchev–Trinajstić information content (AvgIpc) is 3.20. The van der Waals surface area contributed by atoms with Crippen LogP contribution in [0, 0.1) is 5.92 Å². The fourth-order valence-electron chi connectivity index (χ4n) is 5.04. The van der Waals surface area contributed by atoms with E-state index in [1.54, 1.807) is 0 Å². The summed E-state index contributed by atoms with van der Waals surface area (Å²) >= 11 is 3.80. The molecule has 5 aliphatic heterocycles. The number of halogens is 1. The second-order valence-electron chi connectivity index (χ2n) is 6.91. The third kappa shape index (κ3) is 1.36. The molecule has 3 atom stereocenters. The Kier molecular flexibility index (Phi) is 2.35. The van der Waals surface area contributed by atoms with Gasteiger partial charge in [0.05, 0.1) is 12.0 Å². The molecule has 4 heteroatoms. The van der Waals surface area contributed by atoms with Crippen molar-refractivity contribution in [3.05, 3.63) is 34.3 Å².